The van der Waals surface area contributed by atoms with E-state index in [2.05, 4.69) is 34.7 Å². The molecular weight excluding hydrogens is 350 g/mol. The molecule has 0 aliphatic carbocycles. The maximum Gasteiger partial charge on any atom is 0.256 e. The third kappa shape index (κ3) is 4.88. The quantitative estimate of drug-likeness (QED) is 0.587. The highest BCUT2D eigenvalue weighted by Crippen LogP contribution is 2.22. The van der Waals surface area contributed by atoms with Crippen molar-refractivity contribution in [1.29, 1.82) is 0 Å². The molecule has 2 aromatic carbocycles. The van der Waals surface area contributed by atoms with Crippen LogP contribution in [0.2, 0.25) is 0 Å². The summed E-state index contributed by atoms with van der Waals surface area (Å²) in [5.41, 5.74) is 4.01. The van der Waals surface area contributed by atoms with Gasteiger partial charge in [0.2, 0.25) is 0 Å². The summed E-state index contributed by atoms with van der Waals surface area (Å²) in [6.45, 7) is 5.19. The molecule has 0 bridgehead atoms. The Bertz CT molecular complexity index is 940. The van der Waals surface area contributed by atoms with E-state index < -0.39 is 0 Å². The average Bonchev–Trinajstić information content (AvgIpc) is 2.74. The molecule has 3 aromatic rings. The first-order valence-electron chi connectivity index (χ1n) is 9.51. The molecule has 1 heterocycles. The van der Waals surface area contributed by atoms with E-state index in [0.29, 0.717) is 30.3 Å². The Morgan fingerprint density at radius 3 is 2.71 bits per heavy atom. The molecule has 0 saturated heterocycles. The number of anilines is 2. The van der Waals surface area contributed by atoms with Crippen LogP contribution in [0.3, 0.4) is 0 Å². The fourth-order valence-electron chi connectivity index (χ4n) is 2.96. The fourth-order valence-corrected chi connectivity index (χ4v) is 2.96. The lowest BCUT2D eigenvalue weighted by Gasteiger charge is -2.12. The van der Waals surface area contributed by atoms with Gasteiger partial charge in [-0.05, 0) is 54.8 Å². The van der Waals surface area contributed by atoms with Crippen molar-refractivity contribution in [2.24, 2.45) is 0 Å². The number of rotatable bonds is 8. The van der Waals surface area contributed by atoms with Crippen molar-refractivity contribution in [3.8, 4) is 5.75 Å². The summed E-state index contributed by atoms with van der Waals surface area (Å²) in [7, 11) is 0. The Morgan fingerprint density at radius 1 is 1.04 bits per heavy atom. The molecule has 3 rings (SSSR count). The lowest BCUT2D eigenvalue weighted by Crippen LogP contribution is -2.14. The monoisotopic (exact) mass is 375 g/mol. The van der Waals surface area contributed by atoms with E-state index in [1.54, 1.807) is 24.4 Å². The van der Waals surface area contributed by atoms with E-state index in [1.807, 2.05) is 37.3 Å². The van der Waals surface area contributed by atoms with E-state index in [-0.39, 0.29) is 5.91 Å². The highest BCUT2D eigenvalue weighted by Gasteiger charge is 2.11. The van der Waals surface area contributed by atoms with E-state index in [1.165, 1.54) is 5.56 Å². The molecule has 0 aliphatic rings. The molecule has 0 fully saturated rings. The van der Waals surface area contributed by atoms with Crippen molar-refractivity contribution >= 4 is 17.4 Å². The molecule has 5 nitrogen and oxygen atoms in total. The minimum absolute atomic E-state index is 0.213. The van der Waals surface area contributed by atoms with Gasteiger partial charge in [-0.3, -0.25) is 4.79 Å². The first-order valence-corrected chi connectivity index (χ1v) is 9.51. The van der Waals surface area contributed by atoms with Gasteiger partial charge in [0.25, 0.3) is 5.91 Å². The summed E-state index contributed by atoms with van der Waals surface area (Å²) in [4.78, 5) is 16.9. The second-order valence-corrected chi connectivity index (χ2v) is 6.30. The van der Waals surface area contributed by atoms with Crippen LogP contribution >= 0.6 is 0 Å². The zero-order chi connectivity index (χ0) is 19.8. The number of hydrogen-bond acceptors (Lipinski definition) is 4. The van der Waals surface area contributed by atoms with Crippen LogP contribution in [-0.4, -0.2) is 17.5 Å². The minimum atomic E-state index is -0.213. The van der Waals surface area contributed by atoms with Gasteiger partial charge in [0, 0.05) is 24.0 Å². The zero-order valence-corrected chi connectivity index (χ0v) is 16.2. The Balaban J connectivity index is 1.70. The third-order valence-corrected chi connectivity index (χ3v) is 4.37. The second kappa shape index (κ2) is 9.55. The van der Waals surface area contributed by atoms with Gasteiger partial charge >= 0.3 is 0 Å². The van der Waals surface area contributed by atoms with Crippen LogP contribution in [0.15, 0.2) is 66.9 Å². The topological polar surface area (TPSA) is 63.2 Å². The second-order valence-electron chi connectivity index (χ2n) is 6.30. The summed E-state index contributed by atoms with van der Waals surface area (Å²) < 4.78 is 5.52. The van der Waals surface area contributed by atoms with Crippen molar-refractivity contribution in [2.75, 3.05) is 17.2 Å². The molecule has 0 radical (unpaired) electrons. The van der Waals surface area contributed by atoms with Crippen molar-refractivity contribution in [3.63, 3.8) is 0 Å². The normalized spacial score (nSPS) is 10.4. The van der Waals surface area contributed by atoms with Gasteiger partial charge in [-0.15, -0.1) is 0 Å². The van der Waals surface area contributed by atoms with Gasteiger partial charge in [-0.25, -0.2) is 4.98 Å². The molecular formula is C23H25N3O2. The van der Waals surface area contributed by atoms with E-state index in [9.17, 15) is 4.79 Å². The molecule has 0 saturated carbocycles. The molecule has 0 unspecified atom stereocenters. The number of benzene rings is 2. The van der Waals surface area contributed by atoms with Crippen LogP contribution in [0.5, 0.6) is 5.75 Å². The predicted molar refractivity (Wildman–Crippen MR) is 113 cm³/mol. The number of nitrogens with zero attached hydrogens (tertiary/aromatic N) is 1. The van der Waals surface area contributed by atoms with Gasteiger partial charge < -0.3 is 15.4 Å². The summed E-state index contributed by atoms with van der Waals surface area (Å²) in [5.74, 6) is 0.776. The van der Waals surface area contributed by atoms with Crippen LogP contribution in [0.1, 0.15) is 35.3 Å². The molecule has 2 N–H and O–H groups in total. The molecule has 144 valence electrons. The standard InChI is InChI=1S/C23H25N3O2/c1-3-18-10-5-6-12-20(18)25-16-17-9-7-11-19(15-17)23(27)26-22-21(28-4-2)13-8-14-24-22/h5-15,25H,3-4,16H2,1-2H3,(H,24,26,27). The largest absolute Gasteiger partial charge is 0.490 e. The first kappa shape index (κ1) is 19.4. The average molecular weight is 375 g/mol. The molecule has 0 atom stereocenters. The van der Waals surface area contributed by atoms with Gasteiger partial charge in [0.15, 0.2) is 11.6 Å². The van der Waals surface area contributed by atoms with Crippen LogP contribution in [0, 0.1) is 0 Å². The van der Waals surface area contributed by atoms with E-state index in [4.69, 9.17) is 4.74 Å². The molecule has 1 amide bonds. The molecule has 1 aromatic heterocycles. The summed E-state index contributed by atoms with van der Waals surface area (Å²) >= 11 is 0. The number of nitrogens with one attached hydrogen (secondary N) is 2. The van der Waals surface area contributed by atoms with Crippen LogP contribution in [-0.2, 0) is 13.0 Å². The number of aryl methyl sites for hydroxylation is 1. The molecule has 0 spiro atoms. The lowest BCUT2D eigenvalue weighted by molar-refractivity contribution is 0.102. The number of amides is 1. The Hall–Kier alpha value is -3.34. The van der Waals surface area contributed by atoms with Crippen molar-refractivity contribution < 1.29 is 9.53 Å². The Labute approximate surface area is 165 Å². The highest BCUT2D eigenvalue weighted by molar-refractivity contribution is 6.04. The summed E-state index contributed by atoms with van der Waals surface area (Å²) in [6.07, 6.45) is 2.60. The number of hydrogen-bond donors (Lipinski definition) is 2. The van der Waals surface area contributed by atoms with Gasteiger partial charge in [0.05, 0.1) is 6.61 Å². The number of aromatic nitrogens is 1. The van der Waals surface area contributed by atoms with E-state index >= 15 is 0 Å². The van der Waals surface area contributed by atoms with Gasteiger partial charge in [0.1, 0.15) is 0 Å². The minimum Gasteiger partial charge on any atom is -0.490 e. The summed E-state index contributed by atoms with van der Waals surface area (Å²) in [6, 6.07) is 19.4. The van der Waals surface area contributed by atoms with E-state index in [0.717, 1.165) is 17.7 Å². The Kier molecular flexibility index (Phi) is 6.63. The zero-order valence-electron chi connectivity index (χ0n) is 16.2. The number of para-hydroxylation sites is 1. The lowest BCUT2D eigenvalue weighted by atomic mass is 10.1. The number of ether oxygens (including phenoxy) is 1. The van der Waals surface area contributed by atoms with Crippen LogP contribution in [0.4, 0.5) is 11.5 Å². The Morgan fingerprint density at radius 2 is 1.89 bits per heavy atom. The van der Waals surface area contributed by atoms with Crippen LogP contribution in [0.25, 0.3) is 0 Å². The molecule has 28 heavy (non-hydrogen) atoms. The maximum absolute atomic E-state index is 12.7. The van der Waals surface area contributed by atoms with Gasteiger partial charge in [-0.1, -0.05) is 37.3 Å². The molecule has 0 aliphatic heterocycles. The molecule has 5 heteroatoms. The number of pyridine rings is 1. The van der Waals surface area contributed by atoms with Crippen molar-refractivity contribution in [3.05, 3.63) is 83.6 Å². The highest BCUT2D eigenvalue weighted by atomic mass is 16.5. The third-order valence-electron chi connectivity index (χ3n) is 4.37. The predicted octanol–water partition coefficient (Wildman–Crippen LogP) is 4.91. The van der Waals surface area contributed by atoms with Crippen molar-refractivity contribution in [1.82, 2.24) is 4.98 Å². The first-order chi connectivity index (χ1) is 13.7. The fraction of sp³-hybridized carbons (Fsp3) is 0.217. The smallest absolute Gasteiger partial charge is 0.256 e. The number of carbonyl (C=O) groups is 1. The van der Waals surface area contributed by atoms with Gasteiger partial charge in [-0.2, -0.15) is 0 Å². The SMILES string of the molecule is CCOc1cccnc1NC(=O)c1cccc(CNc2ccccc2CC)c1. The summed E-state index contributed by atoms with van der Waals surface area (Å²) in [5, 5.41) is 6.29. The maximum atomic E-state index is 12.7. The van der Waals surface area contributed by atoms with Crippen LogP contribution < -0.4 is 15.4 Å². The van der Waals surface area contributed by atoms with Crippen molar-refractivity contribution in [2.45, 2.75) is 26.8 Å². The number of carbonyl (C=O) groups excluding carboxylic acids is 1.